The van der Waals surface area contributed by atoms with Crippen LogP contribution in [-0.2, 0) is 30.3 Å². The van der Waals surface area contributed by atoms with Gasteiger partial charge in [-0.15, -0.1) is 29.6 Å². The monoisotopic (exact) mass is 705 g/mol. The molecule has 0 radical (unpaired) electrons. The van der Waals surface area contributed by atoms with E-state index in [0.717, 1.165) is 0 Å². The maximum Gasteiger partial charge on any atom is 0.338 e. The van der Waals surface area contributed by atoms with Crippen molar-refractivity contribution in [1.82, 2.24) is 4.72 Å². The lowest BCUT2D eigenvalue weighted by molar-refractivity contribution is -0.205. The van der Waals surface area contributed by atoms with Crippen molar-refractivity contribution in [2.24, 2.45) is 0 Å². The van der Waals surface area contributed by atoms with E-state index in [1.165, 1.54) is 11.8 Å². The second-order valence-corrected chi connectivity index (χ2v) is 15.4. The molecule has 0 aliphatic carbocycles. The summed E-state index contributed by atoms with van der Waals surface area (Å²) in [6.45, 7) is 13.2. The molecule has 0 amide bonds. The van der Waals surface area contributed by atoms with Crippen LogP contribution in [0.3, 0.4) is 0 Å². The Bertz CT molecular complexity index is 1530. The van der Waals surface area contributed by atoms with Crippen molar-refractivity contribution in [3.63, 3.8) is 0 Å². The molecule has 1 unspecified atom stereocenters. The standard InChI is InChI=1S/C38H43NO8S2/c1-6-8-24-29(39-49(43)38(3,4)5)30-31(44-34(40)26-18-12-9-13-19-26)32(45-35(41)27-20-14-10-15-21-27)33(37(47-30)48-25-7-2)46-36(42)28-22-16-11-17-23-28/h6-7,9-23,29-33,37,39H,1-2,8,24-25H2,3-5H3/t29?,30-,31+,32+,33-,37-,49-/m1/s1. The van der Waals surface area contributed by atoms with Gasteiger partial charge in [0.1, 0.15) is 16.3 Å². The van der Waals surface area contributed by atoms with Gasteiger partial charge in [0.15, 0.2) is 18.3 Å². The SMILES string of the molecule is C=CCCC(N[S@+]([O-])C(C)(C)C)[C@H]1O[C@H](SCC=C)[C@H](OC(=O)c2ccccc2)[C@@H](OC(=O)c2ccccc2)[C@H]1OC(=O)c1ccccc1. The van der Waals surface area contributed by atoms with E-state index in [1.54, 1.807) is 103 Å². The Morgan fingerprint density at radius 2 is 1.24 bits per heavy atom. The maximum absolute atomic E-state index is 13.7. The summed E-state index contributed by atoms with van der Waals surface area (Å²) in [6, 6.07) is 24.4. The molecule has 1 N–H and O–H groups in total. The number of carbonyl (C=O) groups excluding carboxylic acids is 3. The zero-order valence-corrected chi connectivity index (χ0v) is 29.5. The van der Waals surface area contributed by atoms with Gasteiger partial charge in [-0.3, -0.25) is 0 Å². The second-order valence-electron chi connectivity index (χ2n) is 12.3. The van der Waals surface area contributed by atoms with Crippen LogP contribution in [0, 0.1) is 0 Å². The first kappa shape index (κ1) is 37.9. The lowest BCUT2D eigenvalue weighted by atomic mass is 9.92. The molecule has 3 aromatic rings. The molecule has 49 heavy (non-hydrogen) atoms. The van der Waals surface area contributed by atoms with Crippen LogP contribution in [0.1, 0.15) is 64.7 Å². The van der Waals surface area contributed by atoms with Crippen molar-refractivity contribution < 1.29 is 37.9 Å². The van der Waals surface area contributed by atoms with Crippen LogP contribution in [0.2, 0.25) is 0 Å². The highest BCUT2D eigenvalue weighted by Gasteiger charge is 2.55. The van der Waals surface area contributed by atoms with Crippen LogP contribution in [0.5, 0.6) is 0 Å². The summed E-state index contributed by atoms with van der Waals surface area (Å²) in [7, 11) is 0. The summed E-state index contributed by atoms with van der Waals surface area (Å²) >= 11 is -0.285. The van der Waals surface area contributed by atoms with Gasteiger partial charge in [-0.1, -0.05) is 66.7 Å². The maximum atomic E-state index is 13.7. The molecule has 7 atom stereocenters. The van der Waals surface area contributed by atoms with Crippen LogP contribution >= 0.6 is 11.8 Å². The number of ether oxygens (including phenoxy) is 4. The highest BCUT2D eigenvalue weighted by Crippen LogP contribution is 2.37. The van der Waals surface area contributed by atoms with E-state index < -0.39 is 69.9 Å². The minimum Gasteiger partial charge on any atom is -0.598 e. The first-order valence-electron chi connectivity index (χ1n) is 16.0. The predicted molar refractivity (Wildman–Crippen MR) is 193 cm³/mol. The molecular weight excluding hydrogens is 663 g/mol. The third-order valence-corrected chi connectivity index (χ3v) is 10.3. The van der Waals surface area contributed by atoms with Crippen molar-refractivity contribution in [2.45, 2.75) is 74.3 Å². The predicted octanol–water partition coefficient (Wildman–Crippen LogP) is 6.69. The molecule has 1 saturated heterocycles. The Balaban J connectivity index is 1.86. The molecule has 0 spiro atoms. The molecular formula is C38H43NO8S2. The molecule has 0 saturated carbocycles. The number of hydrogen-bond donors (Lipinski definition) is 1. The van der Waals surface area contributed by atoms with Crippen LogP contribution in [-0.4, -0.2) is 68.9 Å². The smallest absolute Gasteiger partial charge is 0.338 e. The molecule has 1 fully saturated rings. The molecule has 4 rings (SSSR count). The van der Waals surface area contributed by atoms with Gasteiger partial charge in [0.2, 0.25) is 0 Å². The van der Waals surface area contributed by atoms with E-state index in [-0.39, 0.29) is 16.7 Å². The van der Waals surface area contributed by atoms with Crippen LogP contribution in [0.4, 0.5) is 0 Å². The first-order chi connectivity index (χ1) is 23.5. The first-order valence-corrected chi connectivity index (χ1v) is 18.2. The van der Waals surface area contributed by atoms with Crippen molar-refractivity contribution >= 4 is 41.0 Å². The van der Waals surface area contributed by atoms with Gasteiger partial charge < -0.3 is 23.5 Å². The zero-order chi connectivity index (χ0) is 35.4. The highest BCUT2D eigenvalue weighted by atomic mass is 32.2. The number of benzene rings is 3. The number of hydrogen-bond acceptors (Lipinski definition) is 10. The fourth-order valence-corrected chi connectivity index (χ4v) is 6.86. The molecule has 1 aliphatic rings. The van der Waals surface area contributed by atoms with E-state index in [9.17, 15) is 18.9 Å². The topological polar surface area (TPSA) is 123 Å². The number of rotatable bonds is 15. The van der Waals surface area contributed by atoms with E-state index in [4.69, 9.17) is 18.9 Å². The fraction of sp³-hybridized carbons (Fsp3) is 0.342. The number of nitrogens with one attached hydrogen (secondary N) is 1. The molecule has 0 aromatic heterocycles. The molecule has 0 bridgehead atoms. The Labute approximate surface area is 295 Å². The highest BCUT2D eigenvalue weighted by molar-refractivity contribution is 7.99. The third-order valence-electron chi connectivity index (χ3n) is 7.56. The van der Waals surface area contributed by atoms with Crippen molar-refractivity contribution in [3.05, 3.63) is 133 Å². The summed E-state index contributed by atoms with van der Waals surface area (Å²) in [6.07, 6.45) is -0.604. The minimum atomic E-state index is -1.57. The Morgan fingerprint density at radius 3 is 1.67 bits per heavy atom. The van der Waals surface area contributed by atoms with E-state index in [0.29, 0.717) is 18.6 Å². The summed E-state index contributed by atoms with van der Waals surface area (Å²) in [5.74, 6) is -1.71. The average Bonchev–Trinajstić information content (AvgIpc) is 3.11. The van der Waals surface area contributed by atoms with Gasteiger partial charge in [0, 0.05) is 17.1 Å². The summed E-state index contributed by atoms with van der Waals surface area (Å²) in [5.41, 5.74) is -0.136. The van der Waals surface area contributed by atoms with Crippen LogP contribution in [0.15, 0.2) is 116 Å². The number of esters is 3. The van der Waals surface area contributed by atoms with Crippen molar-refractivity contribution in [2.75, 3.05) is 5.75 Å². The number of allylic oxidation sites excluding steroid dienone is 1. The van der Waals surface area contributed by atoms with Gasteiger partial charge in [-0.25, -0.2) is 14.4 Å². The van der Waals surface area contributed by atoms with E-state index in [2.05, 4.69) is 17.9 Å². The van der Waals surface area contributed by atoms with Crippen molar-refractivity contribution in [1.29, 1.82) is 0 Å². The summed E-state index contributed by atoms with van der Waals surface area (Å²) < 4.78 is 41.3. The minimum absolute atomic E-state index is 0.247. The van der Waals surface area contributed by atoms with E-state index >= 15 is 0 Å². The number of carbonyl (C=O) groups is 3. The zero-order valence-electron chi connectivity index (χ0n) is 27.9. The average molecular weight is 706 g/mol. The van der Waals surface area contributed by atoms with Gasteiger partial charge in [-0.05, 0) is 70.0 Å². The quantitative estimate of drug-likeness (QED) is 0.0792. The Kier molecular flexibility index (Phi) is 14.1. The third kappa shape index (κ3) is 10.6. The van der Waals surface area contributed by atoms with Gasteiger partial charge in [0.05, 0.1) is 22.7 Å². The fourth-order valence-electron chi connectivity index (χ4n) is 5.05. The molecule has 11 heteroatoms. The molecule has 9 nitrogen and oxygen atoms in total. The van der Waals surface area contributed by atoms with Crippen molar-refractivity contribution in [3.8, 4) is 0 Å². The second kappa shape index (κ2) is 18.2. The summed E-state index contributed by atoms with van der Waals surface area (Å²) in [5, 5.41) is 0. The Morgan fingerprint density at radius 1 is 0.796 bits per heavy atom. The van der Waals surface area contributed by atoms with Crippen LogP contribution in [0.25, 0.3) is 0 Å². The van der Waals surface area contributed by atoms with Gasteiger partial charge in [0.25, 0.3) is 0 Å². The molecule has 260 valence electrons. The lowest BCUT2D eigenvalue weighted by Gasteiger charge is -2.47. The molecule has 1 aliphatic heterocycles. The molecule has 3 aromatic carbocycles. The summed E-state index contributed by atoms with van der Waals surface area (Å²) in [4.78, 5) is 41.1. The Hall–Kier alpha value is -3.87. The molecule has 1 heterocycles. The largest absolute Gasteiger partial charge is 0.598 e. The number of thioether (sulfide) groups is 1. The van der Waals surface area contributed by atoms with Gasteiger partial charge in [-0.2, -0.15) is 0 Å². The lowest BCUT2D eigenvalue weighted by Crippen LogP contribution is -2.66. The van der Waals surface area contributed by atoms with Gasteiger partial charge >= 0.3 is 17.9 Å². The van der Waals surface area contributed by atoms with Crippen LogP contribution < -0.4 is 4.72 Å². The van der Waals surface area contributed by atoms with E-state index in [1.807, 2.05) is 20.8 Å². The normalized spacial score (nSPS) is 21.8.